The Morgan fingerprint density at radius 2 is 1.61 bits per heavy atom. The Kier molecular flexibility index (Phi) is 9.04. The number of esters is 1. The van der Waals surface area contributed by atoms with Gasteiger partial charge in [-0.25, -0.2) is 12.8 Å². The number of rotatable bonds is 5. The summed E-state index contributed by atoms with van der Waals surface area (Å²) in [5.41, 5.74) is 1.09. The second-order valence-corrected chi connectivity index (χ2v) is 10.1. The summed E-state index contributed by atoms with van der Waals surface area (Å²) in [7, 11) is -3.39. The standard InChI is InChI=1S/C17H24O5S.C7H7F/c1-3-22-17(19)12(2)13-4-8-15(9-5-13)23(20,21)16-10-6-14(18)7-11-16;1-6-2-4-7(8)5-3-6/h6-7,10-13,15,18H,3-5,8-9H2,1-2H3;2-5H,1H3. The molecule has 2 aromatic carbocycles. The first-order chi connectivity index (χ1) is 14.6. The molecule has 7 heteroatoms. The van der Waals surface area contributed by atoms with Gasteiger partial charge in [-0.15, -0.1) is 0 Å². The molecule has 0 aliphatic heterocycles. The fourth-order valence-corrected chi connectivity index (χ4v) is 5.52. The van der Waals surface area contributed by atoms with Crippen LogP contribution in [-0.2, 0) is 19.4 Å². The number of hydrogen-bond donors (Lipinski definition) is 1. The topological polar surface area (TPSA) is 80.7 Å². The van der Waals surface area contributed by atoms with Gasteiger partial charge in [-0.1, -0.05) is 24.6 Å². The van der Waals surface area contributed by atoms with Gasteiger partial charge in [0.1, 0.15) is 11.6 Å². The number of phenolic OH excluding ortho intramolecular Hbond substituents is 1. The third-order valence-electron chi connectivity index (χ3n) is 5.70. The van der Waals surface area contributed by atoms with Gasteiger partial charge in [0, 0.05) is 0 Å². The molecule has 1 saturated carbocycles. The maximum atomic E-state index is 12.6. The summed E-state index contributed by atoms with van der Waals surface area (Å²) in [4.78, 5) is 12.1. The molecule has 0 heterocycles. The second-order valence-electron chi connectivity index (χ2n) is 7.91. The minimum Gasteiger partial charge on any atom is -0.508 e. The van der Waals surface area contributed by atoms with Gasteiger partial charge < -0.3 is 9.84 Å². The zero-order valence-corrected chi connectivity index (χ0v) is 19.1. The number of carbonyl (C=O) groups excluding carboxylic acids is 1. The van der Waals surface area contributed by atoms with Crippen LogP contribution in [0, 0.1) is 24.6 Å². The molecule has 0 radical (unpaired) electrons. The molecular weight excluding hydrogens is 419 g/mol. The van der Waals surface area contributed by atoms with Crippen LogP contribution in [0.1, 0.15) is 45.1 Å². The Morgan fingerprint density at radius 3 is 2.10 bits per heavy atom. The van der Waals surface area contributed by atoms with E-state index in [0.29, 0.717) is 32.3 Å². The minimum absolute atomic E-state index is 0.0518. The van der Waals surface area contributed by atoms with Gasteiger partial charge in [0.25, 0.3) is 0 Å². The van der Waals surface area contributed by atoms with Crippen LogP contribution < -0.4 is 0 Å². The Balaban J connectivity index is 0.000000357. The van der Waals surface area contributed by atoms with E-state index in [-0.39, 0.29) is 34.3 Å². The SMILES string of the molecule is CCOC(=O)C(C)C1CCC(S(=O)(=O)c2ccc(O)cc2)CC1.Cc1ccc(F)cc1. The number of aromatic hydroxyl groups is 1. The van der Waals surface area contributed by atoms with Crippen molar-refractivity contribution in [2.24, 2.45) is 11.8 Å². The Labute approximate surface area is 184 Å². The van der Waals surface area contributed by atoms with E-state index < -0.39 is 15.1 Å². The molecule has 31 heavy (non-hydrogen) atoms. The summed E-state index contributed by atoms with van der Waals surface area (Å²) in [6, 6.07) is 12.1. The Morgan fingerprint density at radius 1 is 1.06 bits per heavy atom. The first kappa shape index (κ1) is 24.9. The molecule has 170 valence electrons. The van der Waals surface area contributed by atoms with Crippen LogP contribution in [0.5, 0.6) is 5.75 Å². The number of carbonyl (C=O) groups is 1. The molecule has 0 saturated heterocycles. The highest BCUT2D eigenvalue weighted by atomic mass is 32.2. The Bertz CT molecular complexity index is 910. The van der Waals surface area contributed by atoms with Crippen molar-refractivity contribution in [3.05, 3.63) is 59.9 Å². The third-order valence-corrected chi connectivity index (χ3v) is 7.98. The molecule has 5 nitrogen and oxygen atoms in total. The summed E-state index contributed by atoms with van der Waals surface area (Å²) < 4.78 is 42.4. The molecule has 2 aromatic rings. The van der Waals surface area contributed by atoms with Gasteiger partial charge in [0.05, 0.1) is 22.7 Å². The molecule has 1 aliphatic rings. The fraction of sp³-hybridized carbons (Fsp3) is 0.458. The normalized spacial score (nSPS) is 19.6. The van der Waals surface area contributed by atoms with Gasteiger partial charge in [-0.05, 0) is 81.8 Å². The number of aryl methyl sites for hydroxylation is 1. The lowest BCUT2D eigenvalue weighted by Crippen LogP contribution is -2.32. The number of ether oxygens (including phenoxy) is 1. The van der Waals surface area contributed by atoms with Crippen LogP contribution in [0.3, 0.4) is 0 Å². The van der Waals surface area contributed by atoms with E-state index in [1.54, 1.807) is 19.1 Å². The molecule has 1 atom stereocenters. The van der Waals surface area contributed by atoms with Crippen LogP contribution in [0.2, 0.25) is 0 Å². The molecule has 1 N–H and O–H groups in total. The lowest BCUT2D eigenvalue weighted by molar-refractivity contribution is -0.149. The van der Waals surface area contributed by atoms with Crippen molar-refractivity contribution in [1.82, 2.24) is 0 Å². The predicted octanol–water partition coefficient (Wildman–Crippen LogP) is 5.06. The van der Waals surface area contributed by atoms with E-state index in [0.717, 1.165) is 5.56 Å². The van der Waals surface area contributed by atoms with Crippen molar-refractivity contribution in [3.63, 3.8) is 0 Å². The molecule has 0 spiro atoms. The van der Waals surface area contributed by atoms with Crippen LogP contribution in [0.15, 0.2) is 53.4 Å². The monoisotopic (exact) mass is 450 g/mol. The summed E-state index contributed by atoms with van der Waals surface area (Å²) >= 11 is 0. The van der Waals surface area contributed by atoms with Crippen molar-refractivity contribution in [2.45, 2.75) is 56.6 Å². The summed E-state index contributed by atoms with van der Waals surface area (Å²) in [5, 5.41) is 8.87. The van der Waals surface area contributed by atoms with Gasteiger partial charge >= 0.3 is 5.97 Å². The zero-order chi connectivity index (χ0) is 23.0. The first-order valence-electron chi connectivity index (χ1n) is 10.6. The average molecular weight is 451 g/mol. The number of benzene rings is 2. The van der Waals surface area contributed by atoms with E-state index in [2.05, 4.69) is 0 Å². The summed E-state index contributed by atoms with van der Waals surface area (Å²) in [5.74, 6) is -0.323. The fourth-order valence-electron chi connectivity index (χ4n) is 3.73. The second kappa shape index (κ2) is 11.3. The van der Waals surface area contributed by atoms with Crippen LogP contribution in [0.25, 0.3) is 0 Å². The third kappa shape index (κ3) is 7.06. The highest BCUT2D eigenvalue weighted by Gasteiger charge is 2.35. The van der Waals surface area contributed by atoms with Crippen LogP contribution in [0.4, 0.5) is 4.39 Å². The molecule has 1 fully saturated rings. The number of hydrogen-bond acceptors (Lipinski definition) is 5. The van der Waals surface area contributed by atoms with Crippen molar-refractivity contribution in [2.75, 3.05) is 6.61 Å². The van der Waals surface area contributed by atoms with Crippen LogP contribution >= 0.6 is 0 Å². The smallest absolute Gasteiger partial charge is 0.308 e. The van der Waals surface area contributed by atoms with E-state index in [1.165, 1.54) is 36.4 Å². The minimum atomic E-state index is -3.39. The molecular formula is C24H31FO5S. The number of phenols is 1. The highest BCUT2D eigenvalue weighted by molar-refractivity contribution is 7.92. The largest absolute Gasteiger partial charge is 0.508 e. The lowest BCUT2D eigenvalue weighted by atomic mass is 9.80. The highest BCUT2D eigenvalue weighted by Crippen LogP contribution is 2.36. The quantitative estimate of drug-likeness (QED) is 0.644. The van der Waals surface area contributed by atoms with Crippen molar-refractivity contribution >= 4 is 15.8 Å². The van der Waals surface area contributed by atoms with E-state index in [4.69, 9.17) is 4.74 Å². The molecule has 0 bridgehead atoms. The van der Waals surface area contributed by atoms with Crippen molar-refractivity contribution in [1.29, 1.82) is 0 Å². The van der Waals surface area contributed by atoms with Crippen molar-refractivity contribution < 1.29 is 27.4 Å². The molecule has 1 unspecified atom stereocenters. The average Bonchev–Trinajstić information content (AvgIpc) is 2.76. The summed E-state index contributed by atoms with van der Waals surface area (Å²) in [6.07, 6.45) is 2.53. The maximum Gasteiger partial charge on any atom is 0.308 e. The summed E-state index contributed by atoms with van der Waals surface area (Å²) in [6.45, 7) is 5.94. The number of halogens is 1. The van der Waals surface area contributed by atoms with E-state index in [9.17, 15) is 22.7 Å². The van der Waals surface area contributed by atoms with E-state index in [1.807, 2.05) is 13.8 Å². The predicted molar refractivity (Wildman–Crippen MR) is 118 cm³/mol. The molecule has 0 amide bonds. The van der Waals surface area contributed by atoms with Gasteiger partial charge in [0.15, 0.2) is 9.84 Å². The zero-order valence-electron chi connectivity index (χ0n) is 18.3. The lowest BCUT2D eigenvalue weighted by Gasteiger charge is -2.31. The molecule has 3 rings (SSSR count). The van der Waals surface area contributed by atoms with E-state index >= 15 is 0 Å². The maximum absolute atomic E-state index is 12.6. The van der Waals surface area contributed by atoms with Gasteiger partial charge in [-0.2, -0.15) is 0 Å². The first-order valence-corrected chi connectivity index (χ1v) is 12.1. The van der Waals surface area contributed by atoms with Crippen molar-refractivity contribution in [3.8, 4) is 5.75 Å². The van der Waals surface area contributed by atoms with Gasteiger partial charge in [0.2, 0.25) is 0 Å². The van der Waals surface area contributed by atoms with Gasteiger partial charge in [-0.3, -0.25) is 4.79 Å². The molecule has 0 aromatic heterocycles. The number of sulfone groups is 1. The van der Waals surface area contributed by atoms with Crippen LogP contribution in [-0.4, -0.2) is 31.4 Å². The Hall–Kier alpha value is -2.41. The molecule has 1 aliphatic carbocycles.